The summed E-state index contributed by atoms with van der Waals surface area (Å²) >= 11 is 0. The van der Waals surface area contributed by atoms with Crippen LogP contribution in [0, 0.1) is 5.92 Å². The maximum absolute atomic E-state index is 7.37. The number of morpholine rings is 1. The molecule has 0 amide bonds. The second-order valence-corrected chi connectivity index (χ2v) is 18.4. The van der Waals surface area contributed by atoms with E-state index in [1.54, 1.807) is 0 Å². The molecule has 1 aliphatic carbocycles. The quantitative estimate of drug-likeness (QED) is 0.213. The van der Waals surface area contributed by atoms with Gasteiger partial charge in [-0.3, -0.25) is 4.90 Å². The van der Waals surface area contributed by atoms with Gasteiger partial charge >= 0.3 is 0 Å². The lowest BCUT2D eigenvalue weighted by atomic mass is 9.84. The molecule has 41 heavy (non-hydrogen) atoms. The van der Waals surface area contributed by atoms with Gasteiger partial charge in [0, 0.05) is 19.6 Å². The number of rotatable bonds is 14. The van der Waals surface area contributed by atoms with Crippen LogP contribution in [0.2, 0.25) is 18.1 Å². The molecular formula is C35H55NO4Si. The third-order valence-corrected chi connectivity index (χ3v) is 13.9. The fourth-order valence-electron chi connectivity index (χ4n) is 5.84. The topological polar surface area (TPSA) is 40.2 Å². The van der Waals surface area contributed by atoms with E-state index in [2.05, 4.69) is 99.4 Å². The standard InChI is InChI=1S/C35H55NO4Si/c1-35(2,3)41(4,5)40-32(25-29-15-9-6-10-16-29)34(39-28-31-19-13-8-14-20-31)33(26-36-21-23-37-24-22-36)38-27-30-17-11-7-12-18-30/h7-8,11-14,17-20,29,32-34H,6,9-10,15-16,21-28H2,1-5H3/t32-,33+,34+/m1/s1. The summed E-state index contributed by atoms with van der Waals surface area (Å²) in [6, 6.07) is 21.1. The maximum atomic E-state index is 7.37. The number of hydrogen-bond donors (Lipinski definition) is 0. The van der Waals surface area contributed by atoms with Crippen LogP contribution in [0.4, 0.5) is 0 Å². The summed E-state index contributed by atoms with van der Waals surface area (Å²) in [6.07, 6.45) is 7.35. The molecule has 3 atom stereocenters. The van der Waals surface area contributed by atoms with Crippen molar-refractivity contribution < 1.29 is 18.6 Å². The average Bonchev–Trinajstić information content (AvgIpc) is 2.97. The van der Waals surface area contributed by atoms with E-state index in [0.717, 1.165) is 39.3 Å². The molecule has 2 aliphatic rings. The van der Waals surface area contributed by atoms with Crippen molar-refractivity contribution >= 4 is 8.32 Å². The van der Waals surface area contributed by atoms with Crippen LogP contribution in [0.15, 0.2) is 60.7 Å². The summed E-state index contributed by atoms with van der Waals surface area (Å²) in [4.78, 5) is 2.49. The van der Waals surface area contributed by atoms with Crippen molar-refractivity contribution in [3.8, 4) is 0 Å². The number of benzene rings is 2. The van der Waals surface area contributed by atoms with Crippen LogP contribution in [0.3, 0.4) is 0 Å². The first-order valence-electron chi connectivity index (χ1n) is 16.0. The third kappa shape index (κ3) is 10.3. The average molecular weight is 582 g/mol. The normalized spacial score (nSPS) is 20.0. The molecule has 1 aliphatic heterocycles. The van der Waals surface area contributed by atoms with E-state index in [0.29, 0.717) is 19.1 Å². The van der Waals surface area contributed by atoms with Crippen LogP contribution in [-0.4, -0.2) is 64.4 Å². The van der Waals surface area contributed by atoms with Gasteiger partial charge in [0.25, 0.3) is 0 Å². The predicted molar refractivity (Wildman–Crippen MR) is 171 cm³/mol. The van der Waals surface area contributed by atoms with Gasteiger partial charge in [-0.15, -0.1) is 0 Å². The molecule has 1 heterocycles. The highest BCUT2D eigenvalue weighted by Gasteiger charge is 2.44. The highest BCUT2D eigenvalue weighted by Crippen LogP contribution is 2.40. The van der Waals surface area contributed by atoms with Crippen molar-refractivity contribution in [1.29, 1.82) is 0 Å². The van der Waals surface area contributed by atoms with Crippen molar-refractivity contribution in [2.45, 2.75) is 109 Å². The van der Waals surface area contributed by atoms with Crippen LogP contribution in [0.25, 0.3) is 0 Å². The Morgan fingerprint density at radius 1 is 0.805 bits per heavy atom. The van der Waals surface area contributed by atoms with Gasteiger partial charge in [0.05, 0.1) is 38.6 Å². The maximum Gasteiger partial charge on any atom is 0.192 e. The molecule has 0 unspecified atom stereocenters. The minimum Gasteiger partial charge on any atom is -0.411 e. The monoisotopic (exact) mass is 581 g/mol. The van der Waals surface area contributed by atoms with Gasteiger partial charge in [-0.05, 0) is 41.6 Å². The molecule has 5 nitrogen and oxygen atoms in total. The van der Waals surface area contributed by atoms with Crippen LogP contribution < -0.4 is 0 Å². The molecule has 0 bridgehead atoms. The SMILES string of the molecule is CC(C)(C)[Si](C)(C)O[C@H](CC1CCCCC1)[C@H](OCc1ccccc1)[C@H](CN1CCOCC1)OCc1ccccc1. The molecule has 2 aromatic rings. The van der Waals surface area contributed by atoms with E-state index in [4.69, 9.17) is 18.6 Å². The molecular weight excluding hydrogens is 526 g/mol. The van der Waals surface area contributed by atoms with Crippen molar-refractivity contribution in [1.82, 2.24) is 4.90 Å². The van der Waals surface area contributed by atoms with E-state index < -0.39 is 8.32 Å². The van der Waals surface area contributed by atoms with Crippen molar-refractivity contribution in [2.24, 2.45) is 5.92 Å². The highest BCUT2D eigenvalue weighted by atomic mass is 28.4. The first-order valence-corrected chi connectivity index (χ1v) is 18.9. The Morgan fingerprint density at radius 3 is 1.93 bits per heavy atom. The van der Waals surface area contributed by atoms with E-state index in [-0.39, 0.29) is 23.4 Å². The smallest absolute Gasteiger partial charge is 0.192 e. The summed E-state index contributed by atoms with van der Waals surface area (Å²) < 4.78 is 26.9. The lowest BCUT2D eigenvalue weighted by Gasteiger charge is -2.45. The molecule has 2 aromatic carbocycles. The Hall–Kier alpha value is -1.54. The van der Waals surface area contributed by atoms with Crippen LogP contribution >= 0.6 is 0 Å². The predicted octanol–water partition coefficient (Wildman–Crippen LogP) is 7.85. The summed E-state index contributed by atoms with van der Waals surface area (Å²) in [5, 5.41) is 0.117. The van der Waals surface area contributed by atoms with Gasteiger partial charge in [0.15, 0.2) is 8.32 Å². The van der Waals surface area contributed by atoms with Gasteiger partial charge < -0.3 is 18.6 Å². The highest BCUT2D eigenvalue weighted by molar-refractivity contribution is 6.74. The van der Waals surface area contributed by atoms with Crippen LogP contribution in [-0.2, 0) is 31.9 Å². The first-order chi connectivity index (χ1) is 19.7. The first kappa shape index (κ1) is 32.4. The molecule has 4 rings (SSSR count). The largest absolute Gasteiger partial charge is 0.411 e. The minimum atomic E-state index is -2.08. The third-order valence-electron chi connectivity index (χ3n) is 9.41. The molecule has 0 spiro atoms. The van der Waals surface area contributed by atoms with E-state index >= 15 is 0 Å². The summed E-state index contributed by atoms with van der Waals surface area (Å²) in [5.74, 6) is 0.680. The Morgan fingerprint density at radius 2 is 1.37 bits per heavy atom. The molecule has 0 aromatic heterocycles. The molecule has 228 valence electrons. The van der Waals surface area contributed by atoms with Crippen molar-refractivity contribution in [3.63, 3.8) is 0 Å². The van der Waals surface area contributed by atoms with Crippen molar-refractivity contribution in [3.05, 3.63) is 71.8 Å². The Labute approximate surface area is 251 Å². The van der Waals surface area contributed by atoms with E-state index in [9.17, 15) is 0 Å². The Kier molecular flexibility index (Phi) is 12.5. The summed E-state index contributed by atoms with van der Waals surface area (Å²) in [7, 11) is -2.08. The van der Waals surface area contributed by atoms with Gasteiger partial charge in [-0.25, -0.2) is 0 Å². The van der Waals surface area contributed by atoms with Gasteiger partial charge in [0.1, 0.15) is 6.10 Å². The molecule has 1 saturated carbocycles. The second-order valence-electron chi connectivity index (χ2n) is 13.7. The zero-order valence-corrected chi connectivity index (χ0v) is 27.4. The Balaban J connectivity index is 1.66. The number of nitrogens with zero attached hydrogens (tertiary/aromatic N) is 1. The molecule has 1 saturated heterocycles. The Bertz CT molecular complexity index is 984. The molecule has 0 N–H and O–H groups in total. The molecule has 0 radical (unpaired) electrons. The van der Waals surface area contributed by atoms with Crippen LogP contribution in [0.1, 0.15) is 70.4 Å². The summed E-state index contributed by atoms with van der Waals surface area (Å²) in [6.45, 7) is 17.1. The molecule has 6 heteroatoms. The van der Waals surface area contributed by atoms with E-state index in [1.807, 2.05) is 0 Å². The number of hydrogen-bond acceptors (Lipinski definition) is 5. The lowest BCUT2D eigenvalue weighted by molar-refractivity contribution is -0.143. The van der Waals surface area contributed by atoms with Gasteiger partial charge in [-0.2, -0.15) is 0 Å². The zero-order chi connectivity index (χ0) is 29.1. The fraction of sp³-hybridized carbons (Fsp3) is 0.657. The van der Waals surface area contributed by atoms with Crippen LogP contribution in [0.5, 0.6) is 0 Å². The summed E-state index contributed by atoms with van der Waals surface area (Å²) in [5.41, 5.74) is 2.38. The van der Waals surface area contributed by atoms with Crippen molar-refractivity contribution in [2.75, 3.05) is 32.8 Å². The fourth-order valence-corrected chi connectivity index (χ4v) is 7.18. The minimum absolute atomic E-state index is 0.00971. The van der Waals surface area contributed by atoms with Gasteiger partial charge in [0.2, 0.25) is 0 Å². The lowest BCUT2D eigenvalue weighted by Crippen LogP contribution is -2.54. The van der Waals surface area contributed by atoms with E-state index in [1.165, 1.54) is 43.2 Å². The zero-order valence-electron chi connectivity index (χ0n) is 26.4. The molecule has 2 fully saturated rings. The number of ether oxygens (including phenoxy) is 3. The van der Waals surface area contributed by atoms with Gasteiger partial charge in [-0.1, -0.05) is 114 Å². The second kappa shape index (κ2) is 15.8.